The molecule has 0 aromatic carbocycles. The van der Waals surface area contributed by atoms with Crippen molar-refractivity contribution in [2.75, 3.05) is 47.5 Å². The quantitative estimate of drug-likeness (QED) is 0.0197. The van der Waals surface area contributed by atoms with Gasteiger partial charge in [0, 0.05) is 12.8 Å². The summed E-state index contributed by atoms with van der Waals surface area (Å²) in [6, 6.07) is 0. The number of unbranched alkanes of at least 4 members (excludes halogenated alkanes) is 26. The van der Waals surface area contributed by atoms with E-state index >= 15 is 0 Å². The van der Waals surface area contributed by atoms with E-state index in [0.29, 0.717) is 23.9 Å². The number of rotatable bonds is 43. The van der Waals surface area contributed by atoms with Crippen molar-refractivity contribution < 1.29 is 42.9 Å². The Bertz CT molecular complexity index is 934. The average molecular weight is 796 g/mol. The van der Waals surface area contributed by atoms with Gasteiger partial charge in [0.25, 0.3) is 0 Å². The zero-order valence-electron chi connectivity index (χ0n) is 37.3. The lowest BCUT2D eigenvalue weighted by Crippen LogP contribution is -2.44. The molecule has 0 aliphatic rings. The number of carbonyl (C=O) groups excluding carboxylic acids is 3. The van der Waals surface area contributed by atoms with E-state index in [1.807, 2.05) is 21.1 Å². The lowest BCUT2D eigenvalue weighted by molar-refractivity contribution is -0.870. The fraction of sp³-hybridized carbons (Fsp3) is 0.894. The summed E-state index contributed by atoms with van der Waals surface area (Å²) >= 11 is 0. The van der Waals surface area contributed by atoms with E-state index in [0.717, 1.165) is 38.5 Å². The Balaban J connectivity index is 4.31. The molecular weight excluding hydrogens is 707 g/mol. The van der Waals surface area contributed by atoms with Gasteiger partial charge in [0.05, 0.1) is 40.3 Å². The normalized spacial score (nSPS) is 12.9. The number of carbonyl (C=O) groups is 3. The Labute approximate surface area is 345 Å². The van der Waals surface area contributed by atoms with Gasteiger partial charge in [-0.15, -0.1) is 0 Å². The topological polar surface area (TPSA) is 111 Å². The maximum Gasteiger partial charge on any atom is 0.306 e. The smallest absolute Gasteiger partial charge is 0.306 e. The summed E-state index contributed by atoms with van der Waals surface area (Å²) in [6.45, 7) is 4.74. The summed E-state index contributed by atoms with van der Waals surface area (Å²) in [7, 11) is 5.91. The fourth-order valence-electron chi connectivity index (χ4n) is 6.59. The van der Waals surface area contributed by atoms with Crippen LogP contribution in [0.2, 0.25) is 0 Å². The molecule has 0 aromatic heterocycles. The number of aliphatic carboxylic acids is 1. The van der Waals surface area contributed by atoms with Crippen molar-refractivity contribution >= 4 is 17.9 Å². The first-order valence-corrected chi connectivity index (χ1v) is 23.3. The molecule has 0 saturated carbocycles. The molecule has 56 heavy (non-hydrogen) atoms. The molecule has 330 valence electrons. The number of carboxylic acid groups (broad SMARTS) is 1. The van der Waals surface area contributed by atoms with Crippen LogP contribution in [0.15, 0.2) is 12.2 Å². The van der Waals surface area contributed by atoms with Gasteiger partial charge in [-0.25, -0.2) is 0 Å². The zero-order valence-corrected chi connectivity index (χ0v) is 37.3. The highest BCUT2D eigenvalue weighted by molar-refractivity contribution is 5.70. The van der Waals surface area contributed by atoms with Gasteiger partial charge in [0.2, 0.25) is 0 Å². The number of likely N-dealkylation sites (N-methyl/N-ethyl adjacent to an activating group) is 1. The highest BCUT2D eigenvalue weighted by Gasteiger charge is 2.21. The summed E-state index contributed by atoms with van der Waals surface area (Å²) in [4.78, 5) is 36.9. The predicted octanol–water partition coefficient (Wildman–Crippen LogP) is 10.9. The van der Waals surface area contributed by atoms with E-state index in [1.165, 1.54) is 141 Å². The molecule has 9 heteroatoms. The molecule has 0 N–H and O–H groups in total. The number of ether oxygens (including phenoxy) is 4. The fourth-order valence-corrected chi connectivity index (χ4v) is 6.59. The van der Waals surface area contributed by atoms with Crippen LogP contribution in [0.5, 0.6) is 0 Å². The largest absolute Gasteiger partial charge is 0.545 e. The van der Waals surface area contributed by atoms with Crippen LogP contribution in [0.3, 0.4) is 0 Å². The van der Waals surface area contributed by atoms with Gasteiger partial charge < -0.3 is 33.3 Å². The third-order valence-electron chi connectivity index (χ3n) is 10.3. The Morgan fingerprint density at radius 3 is 1.32 bits per heavy atom. The van der Waals surface area contributed by atoms with Crippen LogP contribution in [0, 0.1) is 0 Å². The van der Waals surface area contributed by atoms with Gasteiger partial charge >= 0.3 is 11.9 Å². The molecule has 0 saturated heterocycles. The van der Waals surface area contributed by atoms with Gasteiger partial charge in [0.1, 0.15) is 13.2 Å². The Morgan fingerprint density at radius 1 is 0.518 bits per heavy atom. The molecule has 0 spiro atoms. The minimum absolute atomic E-state index is 0.150. The lowest BCUT2D eigenvalue weighted by Gasteiger charge is -2.26. The number of hydrogen-bond donors (Lipinski definition) is 0. The second-order valence-electron chi connectivity index (χ2n) is 17.1. The molecule has 2 atom stereocenters. The van der Waals surface area contributed by atoms with Crippen molar-refractivity contribution in [3.8, 4) is 0 Å². The second-order valence-corrected chi connectivity index (χ2v) is 17.1. The van der Waals surface area contributed by atoms with E-state index in [1.54, 1.807) is 0 Å². The Kier molecular flexibility index (Phi) is 38.4. The molecule has 0 amide bonds. The zero-order chi connectivity index (χ0) is 41.4. The molecule has 0 rings (SSSR count). The maximum atomic E-state index is 12.7. The minimum Gasteiger partial charge on any atom is -0.545 e. The van der Waals surface area contributed by atoms with Gasteiger partial charge in [0.15, 0.2) is 12.4 Å². The van der Waals surface area contributed by atoms with Crippen molar-refractivity contribution in [2.24, 2.45) is 0 Å². The number of esters is 2. The van der Waals surface area contributed by atoms with E-state index < -0.39 is 24.3 Å². The Hall–Kier alpha value is -1.97. The molecule has 0 fully saturated rings. The van der Waals surface area contributed by atoms with E-state index in [4.69, 9.17) is 18.9 Å². The summed E-state index contributed by atoms with van der Waals surface area (Å²) in [6.07, 6.45) is 38.2. The van der Waals surface area contributed by atoms with Crippen molar-refractivity contribution in [3.63, 3.8) is 0 Å². The van der Waals surface area contributed by atoms with Crippen molar-refractivity contribution in [3.05, 3.63) is 12.2 Å². The number of nitrogens with zero attached hydrogens (tertiary/aromatic N) is 1. The molecule has 9 nitrogen and oxygen atoms in total. The highest BCUT2D eigenvalue weighted by atomic mass is 16.7. The van der Waals surface area contributed by atoms with Gasteiger partial charge in [-0.3, -0.25) is 9.59 Å². The molecule has 0 radical (unpaired) electrons. The lowest BCUT2D eigenvalue weighted by atomic mass is 10.1. The summed E-state index contributed by atoms with van der Waals surface area (Å²) < 4.78 is 22.5. The van der Waals surface area contributed by atoms with E-state index in [-0.39, 0.29) is 32.2 Å². The van der Waals surface area contributed by atoms with Gasteiger partial charge in [-0.05, 0) is 38.5 Å². The van der Waals surface area contributed by atoms with Gasteiger partial charge in [-0.2, -0.15) is 0 Å². The van der Waals surface area contributed by atoms with Crippen LogP contribution < -0.4 is 5.11 Å². The first kappa shape index (κ1) is 54.0. The van der Waals surface area contributed by atoms with Crippen LogP contribution >= 0.6 is 0 Å². The SMILES string of the molecule is CCCCCCCCCC/C=C\CCCCCCCCCCCC(=O)OC(COC(=O)CCCCCCCCCCCC)COC(OCC[N+](C)(C)C)C(=O)[O-]. The van der Waals surface area contributed by atoms with Crippen LogP contribution in [0.1, 0.15) is 213 Å². The molecule has 0 heterocycles. The van der Waals surface area contributed by atoms with Gasteiger partial charge in [-0.1, -0.05) is 174 Å². The average Bonchev–Trinajstić information content (AvgIpc) is 3.15. The monoisotopic (exact) mass is 796 g/mol. The predicted molar refractivity (Wildman–Crippen MR) is 228 cm³/mol. The highest BCUT2D eigenvalue weighted by Crippen LogP contribution is 2.15. The molecule has 0 aliphatic carbocycles. The first-order valence-electron chi connectivity index (χ1n) is 23.3. The summed E-state index contributed by atoms with van der Waals surface area (Å²) in [5.41, 5.74) is 0. The second kappa shape index (κ2) is 39.8. The molecular formula is C47H89NO8. The number of hydrogen-bond acceptors (Lipinski definition) is 8. The van der Waals surface area contributed by atoms with E-state index in [9.17, 15) is 19.5 Å². The molecule has 2 unspecified atom stereocenters. The van der Waals surface area contributed by atoms with Crippen LogP contribution in [-0.2, 0) is 33.3 Å². The number of quaternary nitrogens is 1. The summed E-state index contributed by atoms with van der Waals surface area (Å²) in [5.74, 6) is -2.28. The van der Waals surface area contributed by atoms with Crippen LogP contribution in [0.4, 0.5) is 0 Å². The molecule has 0 bridgehead atoms. The third kappa shape index (κ3) is 40.2. The Morgan fingerprint density at radius 2 is 0.911 bits per heavy atom. The number of carboxylic acids is 1. The number of allylic oxidation sites excluding steroid dienone is 2. The molecule has 0 aromatic rings. The van der Waals surface area contributed by atoms with Crippen LogP contribution in [-0.4, -0.2) is 82.3 Å². The van der Waals surface area contributed by atoms with Crippen molar-refractivity contribution in [1.82, 2.24) is 0 Å². The minimum atomic E-state index is -1.61. The van der Waals surface area contributed by atoms with Crippen LogP contribution in [0.25, 0.3) is 0 Å². The standard InChI is InChI=1S/C47H89NO8/c1-6-8-10-12-14-16-18-19-20-21-22-23-24-25-26-27-28-30-32-34-36-38-45(50)56-43(42-55-47(46(51)52)53-40-39-48(3,4)5)41-54-44(49)37-35-33-31-29-17-15-13-11-9-7-2/h21-22,43,47H,6-20,23-42H2,1-5H3/b22-21-. The van der Waals surface area contributed by atoms with Crippen molar-refractivity contribution in [2.45, 2.75) is 225 Å². The van der Waals surface area contributed by atoms with Crippen molar-refractivity contribution in [1.29, 1.82) is 0 Å². The summed E-state index contributed by atoms with van der Waals surface area (Å²) in [5, 5.41) is 11.7. The third-order valence-corrected chi connectivity index (χ3v) is 10.3. The maximum absolute atomic E-state index is 12.7. The first-order chi connectivity index (χ1) is 27.1. The van der Waals surface area contributed by atoms with E-state index in [2.05, 4.69) is 26.0 Å². The molecule has 0 aliphatic heterocycles.